The summed E-state index contributed by atoms with van der Waals surface area (Å²) in [6.07, 6.45) is 4.61. The Balaban J connectivity index is 1.85. The molecule has 0 radical (unpaired) electrons. The number of hydrogen-bond acceptors (Lipinski definition) is 3. The second kappa shape index (κ2) is 7.20. The molecule has 21 heavy (non-hydrogen) atoms. The van der Waals surface area contributed by atoms with Gasteiger partial charge in [-0.25, -0.2) is 0 Å². The number of carbonyl (C=O) groups excluding carboxylic acids is 1. The highest BCUT2D eigenvalue weighted by Gasteiger charge is 2.09. The molecule has 0 fully saturated rings. The maximum Gasteiger partial charge on any atom is 0.220 e. The summed E-state index contributed by atoms with van der Waals surface area (Å²) < 4.78 is 0. The molecule has 0 bridgehead atoms. The Kier molecular flexibility index (Phi) is 5.05. The van der Waals surface area contributed by atoms with E-state index in [-0.39, 0.29) is 11.9 Å². The van der Waals surface area contributed by atoms with Gasteiger partial charge in [-0.05, 0) is 42.7 Å². The predicted molar refractivity (Wildman–Crippen MR) is 80.3 cm³/mol. The van der Waals surface area contributed by atoms with Crippen LogP contribution >= 0.6 is 0 Å². The number of pyridine rings is 1. The van der Waals surface area contributed by atoms with Crippen LogP contribution in [0.2, 0.25) is 0 Å². The second-order valence-electron chi connectivity index (χ2n) is 4.88. The number of rotatable bonds is 5. The lowest BCUT2D eigenvalue weighted by molar-refractivity contribution is -0.121. The Bertz CT molecular complexity index is 629. The molecule has 1 atom stereocenters. The number of nitriles is 1. The molecule has 0 saturated heterocycles. The molecule has 1 amide bonds. The first kappa shape index (κ1) is 14.7. The fourth-order valence-corrected chi connectivity index (χ4v) is 2.05. The molecule has 2 rings (SSSR count). The molecule has 1 heterocycles. The van der Waals surface area contributed by atoms with Gasteiger partial charge < -0.3 is 5.32 Å². The molecule has 0 aliphatic carbocycles. The monoisotopic (exact) mass is 279 g/mol. The smallest absolute Gasteiger partial charge is 0.220 e. The molecule has 1 N–H and O–H groups in total. The minimum atomic E-state index is -0.0702. The van der Waals surface area contributed by atoms with Crippen molar-refractivity contribution in [3.63, 3.8) is 0 Å². The van der Waals surface area contributed by atoms with Gasteiger partial charge in [0.15, 0.2) is 0 Å². The van der Waals surface area contributed by atoms with Gasteiger partial charge in [-0.2, -0.15) is 5.26 Å². The topological polar surface area (TPSA) is 65.8 Å². The summed E-state index contributed by atoms with van der Waals surface area (Å²) in [6, 6.07) is 13.1. The number of hydrogen-bond donors (Lipinski definition) is 1. The SMILES string of the molecule is CC(NC(=O)CCc1cccnc1)c1ccc(C#N)cc1. The van der Waals surface area contributed by atoms with Crippen LogP contribution in [0.1, 0.15) is 36.1 Å². The molecule has 4 heteroatoms. The van der Waals surface area contributed by atoms with Crippen molar-refractivity contribution < 1.29 is 4.79 Å². The molecule has 1 aromatic heterocycles. The number of benzene rings is 1. The lowest BCUT2D eigenvalue weighted by atomic mass is 10.1. The zero-order valence-electron chi connectivity index (χ0n) is 11.9. The largest absolute Gasteiger partial charge is 0.350 e. The van der Waals surface area contributed by atoms with Crippen molar-refractivity contribution in [3.05, 3.63) is 65.5 Å². The van der Waals surface area contributed by atoms with Crippen LogP contribution in [0.15, 0.2) is 48.8 Å². The summed E-state index contributed by atoms with van der Waals surface area (Å²) in [5.74, 6) is 0.00992. The van der Waals surface area contributed by atoms with Crippen LogP contribution in [-0.2, 0) is 11.2 Å². The van der Waals surface area contributed by atoms with E-state index in [0.717, 1.165) is 11.1 Å². The highest BCUT2D eigenvalue weighted by atomic mass is 16.1. The van der Waals surface area contributed by atoms with Gasteiger partial charge >= 0.3 is 0 Å². The summed E-state index contributed by atoms with van der Waals surface area (Å²) in [6.45, 7) is 1.93. The van der Waals surface area contributed by atoms with Crippen molar-refractivity contribution in [1.29, 1.82) is 5.26 Å². The van der Waals surface area contributed by atoms with Crippen molar-refractivity contribution in [2.75, 3.05) is 0 Å². The third-order valence-corrected chi connectivity index (χ3v) is 3.28. The standard InChI is InChI=1S/C17H17N3O/c1-13(16-7-4-14(11-18)5-8-16)20-17(21)9-6-15-3-2-10-19-12-15/h2-5,7-8,10,12-13H,6,9H2,1H3,(H,20,21). The Morgan fingerprint density at radius 2 is 2.10 bits per heavy atom. The van der Waals surface area contributed by atoms with Crippen LogP contribution in [-0.4, -0.2) is 10.9 Å². The lowest BCUT2D eigenvalue weighted by Crippen LogP contribution is -2.26. The number of nitrogens with zero attached hydrogens (tertiary/aromatic N) is 2. The van der Waals surface area contributed by atoms with Crippen LogP contribution in [0.25, 0.3) is 0 Å². The quantitative estimate of drug-likeness (QED) is 0.915. The van der Waals surface area contributed by atoms with E-state index in [0.29, 0.717) is 18.4 Å². The van der Waals surface area contributed by atoms with E-state index in [1.165, 1.54) is 0 Å². The van der Waals surface area contributed by atoms with Gasteiger partial charge in [0.2, 0.25) is 5.91 Å². The maximum absolute atomic E-state index is 11.9. The predicted octanol–water partition coefficient (Wildman–Crippen LogP) is 2.76. The molecule has 0 aliphatic heterocycles. The van der Waals surface area contributed by atoms with E-state index in [9.17, 15) is 4.79 Å². The summed E-state index contributed by atoms with van der Waals surface area (Å²) >= 11 is 0. The highest BCUT2D eigenvalue weighted by molar-refractivity contribution is 5.76. The van der Waals surface area contributed by atoms with Crippen molar-refractivity contribution in [2.45, 2.75) is 25.8 Å². The first-order valence-corrected chi connectivity index (χ1v) is 6.87. The first-order valence-electron chi connectivity index (χ1n) is 6.87. The van der Waals surface area contributed by atoms with Gasteiger partial charge in [0.25, 0.3) is 0 Å². The zero-order valence-corrected chi connectivity index (χ0v) is 11.9. The number of nitrogens with one attached hydrogen (secondary N) is 1. The summed E-state index contributed by atoms with van der Waals surface area (Å²) in [5, 5.41) is 11.7. The Labute approximate surface area is 124 Å². The Hall–Kier alpha value is -2.67. The van der Waals surface area contributed by atoms with Crippen LogP contribution in [0, 0.1) is 11.3 Å². The minimum Gasteiger partial charge on any atom is -0.350 e. The molecule has 0 aliphatic rings. The normalized spacial score (nSPS) is 11.4. The summed E-state index contributed by atoms with van der Waals surface area (Å²) in [7, 11) is 0. The third-order valence-electron chi connectivity index (χ3n) is 3.28. The summed E-state index contributed by atoms with van der Waals surface area (Å²) in [4.78, 5) is 16.0. The number of amides is 1. The van der Waals surface area contributed by atoms with E-state index < -0.39 is 0 Å². The van der Waals surface area contributed by atoms with Gasteiger partial charge in [0, 0.05) is 18.8 Å². The summed E-state index contributed by atoms with van der Waals surface area (Å²) in [5.41, 5.74) is 2.66. The molecule has 4 nitrogen and oxygen atoms in total. The average Bonchev–Trinajstić information content (AvgIpc) is 2.54. The Morgan fingerprint density at radius 3 is 2.71 bits per heavy atom. The molecule has 1 unspecified atom stereocenters. The van der Waals surface area contributed by atoms with E-state index in [1.54, 1.807) is 24.5 Å². The fourth-order valence-electron chi connectivity index (χ4n) is 2.05. The van der Waals surface area contributed by atoms with E-state index in [2.05, 4.69) is 16.4 Å². The number of carbonyl (C=O) groups is 1. The highest BCUT2D eigenvalue weighted by Crippen LogP contribution is 2.13. The van der Waals surface area contributed by atoms with Crippen molar-refractivity contribution in [3.8, 4) is 6.07 Å². The zero-order chi connectivity index (χ0) is 15.1. The molecule has 1 aromatic carbocycles. The molecule has 2 aromatic rings. The second-order valence-corrected chi connectivity index (χ2v) is 4.88. The molecule has 106 valence electrons. The van der Waals surface area contributed by atoms with Crippen LogP contribution in [0.4, 0.5) is 0 Å². The number of aryl methyl sites for hydroxylation is 1. The van der Waals surface area contributed by atoms with E-state index in [1.807, 2.05) is 31.2 Å². The van der Waals surface area contributed by atoms with Crippen LogP contribution in [0.3, 0.4) is 0 Å². The van der Waals surface area contributed by atoms with Crippen LogP contribution in [0.5, 0.6) is 0 Å². The molecule has 0 spiro atoms. The fraction of sp³-hybridized carbons (Fsp3) is 0.235. The molecular formula is C17H17N3O. The average molecular weight is 279 g/mol. The van der Waals surface area contributed by atoms with E-state index in [4.69, 9.17) is 5.26 Å². The van der Waals surface area contributed by atoms with Gasteiger partial charge in [-0.15, -0.1) is 0 Å². The third kappa shape index (κ3) is 4.43. The minimum absolute atomic E-state index is 0.00992. The van der Waals surface area contributed by atoms with Crippen molar-refractivity contribution in [1.82, 2.24) is 10.3 Å². The Morgan fingerprint density at radius 1 is 1.33 bits per heavy atom. The van der Waals surface area contributed by atoms with Crippen molar-refractivity contribution >= 4 is 5.91 Å². The molecular weight excluding hydrogens is 262 g/mol. The van der Waals surface area contributed by atoms with Gasteiger partial charge in [0.05, 0.1) is 17.7 Å². The lowest BCUT2D eigenvalue weighted by Gasteiger charge is -2.14. The maximum atomic E-state index is 11.9. The van der Waals surface area contributed by atoms with Gasteiger partial charge in [-0.1, -0.05) is 18.2 Å². The van der Waals surface area contributed by atoms with Gasteiger partial charge in [-0.3, -0.25) is 9.78 Å². The van der Waals surface area contributed by atoms with Crippen LogP contribution < -0.4 is 5.32 Å². The van der Waals surface area contributed by atoms with Crippen molar-refractivity contribution in [2.24, 2.45) is 0 Å². The first-order chi connectivity index (χ1) is 10.2. The number of aromatic nitrogens is 1. The van der Waals surface area contributed by atoms with E-state index >= 15 is 0 Å². The molecule has 0 saturated carbocycles. The van der Waals surface area contributed by atoms with Gasteiger partial charge in [0.1, 0.15) is 0 Å².